The Kier molecular flexibility index (Phi) is 3.97. The van der Waals surface area contributed by atoms with Crippen LogP contribution >= 0.6 is 11.3 Å². The third-order valence-corrected chi connectivity index (χ3v) is 3.86. The Morgan fingerprint density at radius 1 is 1.47 bits per heavy atom. The van der Waals surface area contributed by atoms with Crippen LogP contribution in [0.1, 0.15) is 36.2 Å². The third-order valence-electron chi connectivity index (χ3n) is 2.98. The monoisotopic (exact) mass is 249 g/mol. The van der Waals surface area contributed by atoms with Crippen molar-refractivity contribution in [3.63, 3.8) is 0 Å². The summed E-state index contributed by atoms with van der Waals surface area (Å²) in [6.07, 6.45) is 2.99. The van der Waals surface area contributed by atoms with Crippen molar-refractivity contribution in [1.82, 2.24) is 15.1 Å². The Labute approximate surface area is 106 Å². The van der Waals surface area contributed by atoms with Gasteiger partial charge in [0.15, 0.2) is 0 Å². The van der Waals surface area contributed by atoms with Crippen LogP contribution in [0.25, 0.3) is 0 Å². The highest BCUT2D eigenvalue weighted by Gasteiger charge is 2.18. The number of nitrogens with one attached hydrogen (secondary N) is 1. The first-order chi connectivity index (χ1) is 8.27. The second-order valence-corrected chi connectivity index (χ2v) is 4.95. The lowest BCUT2D eigenvalue weighted by Gasteiger charge is -2.18. The summed E-state index contributed by atoms with van der Waals surface area (Å²) in [4.78, 5) is 0. The van der Waals surface area contributed by atoms with Gasteiger partial charge in [-0.05, 0) is 48.3 Å². The van der Waals surface area contributed by atoms with Gasteiger partial charge in [-0.15, -0.1) is 0 Å². The smallest absolute Gasteiger partial charge is 0.0756 e. The topological polar surface area (TPSA) is 29.9 Å². The summed E-state index contributed by atoms with van der Waals surface area (Å²) in [5, 5.41) is 12.2. The maximum absolute atomic E-state index is 4.39. The molecule has 2 heterocycles. The van der Waals surface area contributed by atoms with Crippen molar-refractivity contribution in [2.45, 2.75) is 32.9 Å². The first-order valence-corrected chi connectivity index (χ1v) is 6.93. The molecule has 1 unspecified atom stereocenters. The first-order valence-electron chi connectivity index (χ1n) is 5.99. The van der Waals surface area contributed by atoms with Crippen molar-refractivity contribution >= 4 is 11.3 Å². The molecule has 0 bridgehead atoms. The van der Waals surface area contributed by atoms with Gasteiger partial charge in [-0.25, -0.2) is 0 Å². The standard InChI is InChI=1S/C13H19N3S/c1-4-7-16-12(5-6-15-16)13(14-3)11-9-17-8-10(11)2/h5-6,8-9,13-14H,4,7H2,1-3H3. The van der Waals surface area contributed by atoms with Gasteiger partial charge in [-0.3, -0.25) is 4.68 Å². The van der Waals surface area contributed by atoms with Crippen LogP contribution in [0.2, 0.25) is 0 Å². The Morgan fingerprint density at radius 2 is 2.29 bits per heavy atom. The molecule has 2 aromatic rings. The molecule has 4 heteroatoms. The van der Waals surface area contributed by atoms with E-state index in [1.54, 1.807) is 11.3 Å². The Balaban J connectivity index is 2.35. The molecule has 0 aliphatic carbocycles. The highest BCUT2D eigenvalue weighted by Crippen LogP contribution is 2.27. The molecule has 17 heavy (non-hydrogen) atoms. The van der Waals surface area contributed by atoms with Gasteiger partial charge < -0.3 is 5.32 Å². The second-order valence-electron chi connectivity index (χ2n) is 4.21. The number of aryl methyl sites for hydroxylation is 2. The molecule has 2 aromatic heterocycles. The highest BCUT2D eigenvalue weighted by atomic mass is 32.1. The molecular formula is C13H19N3S. The van der Waals surface area contributed by atoms with E-state index >= 15 is 0 Å². The number of nitrogens with zero attached hydrogens (tertiary/aromatic N) is 2. The fourth-order valence-corrected chi connectivity index (χ4v) is 2.99. The third kappa shape index (κ3) is 2.42. The van der Waals surface area contributed by atoms with E-state index in [4.69, 9.17) is 0 Å². The predicted molar refractivity (Wildman–Crippen MR) is 72.5 cm³/mol. The highest BCUT2D eigenvalue weighted by molar-refractivity contribution is 7.08. The number of rotatable bonds is 5. The van der Waals surface area contributed by atoms with Crippen LogP contribution < -0.4 is 5.32 Å². The minimum atomic E-state index is 0.246. The zero-order valence-corrected chi connectivity index (χ0v) is 11.4. The molecule has 0 fully saturated rings. The SMILES string of the molecule is CCCn1nccc1C(NC)c1cscc1C. The molecule has 92 valence electrons. The van der Waals surface area contributed by atoms with Crippen LogP contribution in [0.15, 0.2) is 23.0 Å². The van der Waals surface area contributed by atoms with Gasteiger partial charge in [0.25, 0.3) is 0 Å². The summed E-state index contributed by atoms with van der Waals surface area (Å²) in [5.74, 6) is 0. The Hall–Kier alpha value is -1.13. The van der Waals surface area contributed by atoms with Gasteiger partial charge in [0.1, 0.15) is 0 Å². The Morgan fingerprint density at radius 3 is 2.88 bits per heavy atom. The number of hydrogen-bond acceptors (Lipinski definition) is 3. The molecule has 0 radical (unpaired) electrons. The normalized spacial score (nSPS) is 12.9. The summed E-state index contributed by atoms with van der Waals surface area (Å²) in [5.41, 5.74) is 3.95. The van der Waals surface area contributed by atoms with Crippen LogP contribution in [0.3, 0.4) is 0 Å². The maximum atomic E-state index is 4.39. The van der Waals surface area contributed by atoms with Gasteiger partial charge in [0.05, 0.1) is 11.7 Å². The van der Waals surface area contributed by atoms with Crippen molar-refractivity contribution in [2.75, 3.05) is 7.05 Å². The maximum Gasteiger partial charge on any atom is 0.0756 e. The van der Waals surface area contributed by atoms with E-state index in [-0.39, 0.29) is 6.04 Å². The second kappa shape index (κ2) is 5.47. The molecule has 1 atom stereocenters. The molecule has 0 aromatic carbocycles. The van der Waals surface area contributed by atoms with E-state index < -0.39 is 0 Å². The van der Waals surface area contributed by atoms with E-state index in [0.29, 0.717) is 0 Å². The van der Waals surface area contributed by atoms with Crippen LogP contribution in [-0.4, -0.2) is 16.8 Å². The van der Waals surface area contributed by atoms with Crippen molar-refractivity contribution in [2.24, 2.45) is 0 Å². The fraction of sp³-hybridized carbons (Fsp3) is 0.462. The summed E-state index contributed by atoms with van der Waals surface area (Å²) in [6.45, 7) is 5.32. The van der Waals surface area contributed by atoms with Crippen molar-refractivity contribution in [3.8, 4) is 0 Å². The molecule has 0 aliphatic rings. The largest absolute Gasteiger partial charge is 0.308 e. The van der Waals surface area contributed by atoms with Gasteiger partial charge in [-0.1, -0.05) is 6.92 Å². The lowest BCUT2D eigenvalue weighted by atomic mass is 10.0. The van der Waals surface area contributed by atoms with E-state index in [1.807, 2.05) is 13.2 Å². The molecule has 0 saturated carbocycles. The summed E-state index contributed by atoms with van der Waals surface area (Å²) in [6, 6.07) is 2.35. The van der Waals surface area contributed by atoms with Crippen LogP contribution in [-0.2, 0) is 6.54 Å². The molecule has 2 rings (SSSR count). The van der Waals surface area contributed by atoms with Crippen molar-refractivity contribution in [3.05, 3.63) is 39.8 Å². The van der Waals surface area contributed by atoms with Crippen LogP contribution in [0.4, 0.5) is 0 Å². The predicted octanol–water partition coefficient (Wildman–Crippen LogP) is 2.97. The molecule has 0 amide bonds. The van der Waals surface area contributed by atoms with Crippen molar-refractivity contribution < 1.29 is 0 Å². The summed E-state index contributed by atoms with van der Waals surface area (Å²) < 4.78 is 2.10. The van der Waals surface area contributed by atoms with Crippen molar-refractivity contribution in [1.29, 1.82) is 0 Å². The van der Waals surface area contributed by atoms with E-state index in [1.165, 1.54) is 16.8 Å². The van der Waals surface area contributed by atoms with Crippen LogP contribution in [0.5, 0.6) is 0 Å². The molecule has 0 aliphatic heterocycles. The average Bonchev–Trinajstić information content (AvgIpc) is 2.92. The summed E-state index contributed by atoms with van der Waals surface area (Å²) >= 11 is 1.76. The molecule has 3 nitrogen and oxygen atoms in total. The van der Waals surface area contributed by atoms with E-state index in [9.17, 15) is 0 Å². The fourth-order valence-electron chi connectivity index (χ4n) is 2.12. The van der Waals surface area contributed by atoms with Gasteiger partial charge in [0, 0.05) is 12.7 Å². The quantitative estimate of drug-likeness (QED) is 0.883. The van der Waals surface area contributed by atoms with Gasteiger partial charge in [-0.2, -0.15) is 16.4 Å². The average molecular weight is 249 g/mol. The number of hydrogen-bond donors (Lipinski definition) is 1. The number of thiophene rings is 1. The minimum absolute atomic E-state index is 0.246. The zero-order chi connectivity index (χ0) is 12.3. The first kappa shape index (κ1) is 12.3. The van der Waals surface area contributed by atoms with E-state index in [2.05, 4.69) is 45.8 Å². The lowest BCUT2D eigenvalue weighted by Crippen LogP contribution is -2.21. The van der Waals surface area contributed by atoms with Gasteiger partial charge >= 0.3 is 0 Å². The lowest BCUT2D eigenvalue weighted by molar-refractivity contribution is 0.534. The minimum Gasteiger partial charge on any atom is -0.308 e. The summed E-state index contributed by atoms with van der Waals surface area (Å²) in [7, 11) is 2.01. The molecular weight excluding hydrogens is 230 g/mol. The van der Waals surface area contributed by atoms with Crippen LogP contribution in [0, 0.1) is 6.92 Å². The number of aromatic nitrogens is 2. The molecule has 0 spiro atoms. The molecule has 0 saturated heterocycles. The molecule has 1 N–H and O–H groups in total. The van der Waals surface area contributed by atoms with Gasteiger partial charge in [0.2, 0.25) is 0 Å². The Bertz CT molecular complexity index is 472. The van der Waals surface area contributed by atoms with E-state index in [0.717, 1.165) is 13.0 Å². The zero-order valence-electron chi connectivity index (χ0n) is 10.6.